The van der Waals surface area contributed by atoms with Crippen molar-refractivity contribution in [2.24, 2.45) is 0 Å². The minimum Gasteiger partial charge on any atom is -0.394 e. The number of aryl methyl sites for hydroxylation is 1. The highest BCUT2D eigenvalue weighted by atomic mass is 19.4. The van der Waals surface area contributed by atoms with Crippen LogP contribution < -0.4 is 5.32 Å². The van der Waals surface area contributed by atoms with Gasteiger partial charge in [-0.25, -0.2) is 0 Å². The van der Waals surface area contributed by atoms with E-state index in [4.69, 9.17) is 5.11 Å². The van der Waals surface area contributed by atoms with Crippen LogP contribution in [-0.4, -0.2) is 23.7 Å². The Morgan fingerprint density at radius 2 is 2.06 bits per heavy atom. The third kappa shape index (κ3) is 3.46. The van der Waals surface area contributed by atoms with E-state index in [0.29, 0.717) is 0 Å². The maximum Gasteiger partial charge on any atom is 0.416 e. The van der Waals surface area contributed by atoms with E-state index >= 15 is 0 Å². The van der Waals surface area contributed by atoms with Crippen molar-refractivity contribution < 1.29 is 23.1 Å². The first-order valence-electron chi connectivity index (χ1n) is 5.35. The number of nitrogens with one attached hydrogen (secondary N) is 1. The van der Waals surface area contributed by atoms with Crippen LogP contribution in [0, 0.1) is 6.92 Å². The summed E-state index contributed by atoms with van der Waals surface area (Å²) in [6.45, 7) is 2.61. The Hall–Kier alpha value is -1.56. The Balaban J connectivity index is 3.02. The molecule has 0 aliphatic rings. The summed E-state index contributed by atoms with van der Waals surface area (Å²) in [4.78, 5) is 11.6. The standard InChI is InChI=1S/C12H14F3NO2/c1-7-3-4-9(5-10(7)12(13,14)15)11(18)16-8(2)6-17/h3-5,8,17H,6H2,1-2H3,(H,16,18)/t8-/m0/s1. The number of halogens is 3. The van der Waals surface area contributed by atoms with Crippen molar-refractivity contribution in [1.82, 2.24) is 5.32 Å². The lowest BCUT2D eigenvalue weighted by Gasteiger charge is -2.14. The summed E-state index contributed by atoms with van der Waals surface area (Å²) < 4.78 is 37.9. The fraction of sp³-hybridized carbons (Fsp3) is 0.417. The number of hydrogen-bond acceptors (Lipinski definition) is 2. The van der Waals surface area contributed by atoms with Crippen molar-refractivity contribution in [3.63, 3.8) is 0 Å². The molecular formula is C12H14F3NO2. The van der Waals surface area contributed by atoms with E-state index in [9.17, 15) is 18.0 Å². The first-order chi connectivity index (χ1) is 8.25. The largest absolute Gasteiger partial charge is 0.416 e. The molecule has 0 unspecified atom stereocenters. The molecule has 1 aromatic carbocycles. The highest BCUT2D eigenvalue weighted by molar-refractivity contribution is 5.94. The summed E-state index contributed by atoms with van der Waals surface area (Å²) in [7, 11) is 0. The quantitative estimate of drug-likeness (QED) is 0.875. The molecule has 1 aromatic rings. The predicted octanol–water partition coefficient (Wildman–Crippen LogP) is 2.12. The van der Waals surface area contributed by atoms with E-state index < -0.39 is 23.7 Å². The van der Waals surface area contributed by atoms with Gasteiger partial charge in [0.1, 0.15) is 0 Å². The molecule has 18 heavy (non-hydrogen) atoms. The zero-order valence-electron chi connectivity index (χ0n) is 10.0. The van der Waals surface area contributed by atoms with Gasteiger partial charge in [-0.2, -0.15) is 13.2 Å². The highest BCUT2D eigenvalue weighted by Gasteiger charge is 2.32. The van der Waals surface area contributed by atoms with Crippen molar-refractivity contribution in [3.8, 4) is 0 Å². The van der Waals surface area contributed by atoms with Crippen LogP contribution >= 0.6 is 0 Å². The fourth-order valence-electron chi connectivity index (χ4n) is 1.42. The monoisotopic (exact) mass is 261 g/mol. The fourth-order valence-corrected chi connectivity index (χ4v) is 1.42. The van der Waals surface area contributed by atoms with E-state index in [1.54, 1.807) is 6.92 Å². The summed E-state index contributed by atoms with van der Waals surface area (Å²) in [6, 6.07) is 2.88. The van der Waals surface area contributed by atoms with E-state index in [1.807, 2.05) is 0 Å². The molecule has 0 radical (unpaired) electrons. The first-order valence-corrected chi connectivity index (χ1v) is 5.35. The molecule has 1 rings (SSSR count). The number of carbonyl (C=O) groups is 1. The Labute approximate surface area is 103 Å². The maximum absolute atomic E-state index is 12.6. The van der Waals surface area contributed by atoms with Gasteiger partial charge < -0.3 is 10.4 Å². The molecule has 6 heteroatoms. The van der Waals surface area contributed by atoms with E-state index in [-0.39, 0.29) is 17.7 Å². The van der Waals surface area contributed by atoms with Crippen LogP contribution in [0.5, 0.6) is 0 Å². The normalized spacial score (nSPS) is 13.2. The van der Waals surface area contributed by atoms with Gasteiger partial charge in [-0.15, -0.1) is 0 Å². The molecule has 0 heterocycles. The SMILES string of the molecule is Cc1ccc(C(=O)N[C@@H](C)CO)cc1C(F)(F)F. The molecule has 0 saturated heterocycles. The zero-order chi connectivity index (χ0) is 13.9. The lowest BCUT2D eigenvalue weighted by atomic mass is 10.0. The molecule has 3 nitrogen and oxygen atoms in total. The van der Waals surface area contributed by atoms with Gasteiger partial charge in [-0.1, -0.05) is 6.07 Å². The molecule has 0 aliphatic carbocycles. The molecule has 0 aliphatic heterocycles. The molecule has 1 amide bonds. The number of alkyl halides is 3. The summed E-state index contributed by atoms with van der Waals surface area (Å²) in [5, 5.41) is 11.2. The number of hydrogen-bond donors (Lipinski definition) is 2. The van der Waals surface area contributed by atoms with Crippen molar-refractivity contribution in [1.29, 1.82) is 0 Å². The molecule has 0 fully saturated rings. The first kappa shape index (κ1) is 14.5. The highest BCUT2D eigenvalue weighted by Crippen LogP contribution is 2.32. The molecule has 0 bridgehead atoms. The molecule has 2 N–H and O–H groups in total. The second kappa shape index (κ2) is 5.39. The smallest absolute Gasteiger partial charge is 0.394 e. The third-order valence-electron chi connectivity index (χ3n) is 2.46. The Kier molecular flexibility index (Phi) is 4.34. The number of amides is 1. The van der Waals surface area contributed by atoms with Gasteiger partial charge in [0.2, 0.25) is 0 Å². The lowest BCUT2D eigenvalue weighted by molar-refractivity contribution is -0.138. The lowest BCUT2D eigenvalue weighted by Crippen LogP contribution is -2.35. The van der Waals surface area contributed by atoms with Crippen molar-refractivity contribution in [3.05, 3.63) is 34.9 Å². The number of aliphatic hydroxyl groups is 1. The van der Waals surface area contributed by atoms with Gasteiger partial charge in [-0.3, -0.25) is 4.79 Å². The number of carbonyl (C=O) groups excluding carboxylic acids is 1. The molecule has 100 valence electrons. The maximum atomic E-state index is 12.6. The van der Waals surface area contributed by atoms with Gasteiger partial charge in [0.15, 0.2) is 0 Å². The van der Waals surface area contributed by atoms with Gasteiger partial charge in [0, 0.05) is 11.6 Å². The van der Waals surface area contributed by atoms with Crippen LogP contribution in [-0.2, 0) is 6.18 Å². The average molecular weight is 261 g/mol. The van der Waals surface area contributed by atoms with E-state index in [1.165, 1.54) is 19.1 Å². The predicted molar refractivity (Wildman–Crippen MR) is 60.2 cm³/mol. The third-order valence-corrected chi connectivity index (χ3v) is 2.46. The van der Waals surface area contributed by atoms with Crippen LogP contribution in [0.15, 0.2) is 18.2 Å². The van der Waals surface area contributed by atoms with Gasteiger partial charge in [0.25, 0.3) is 5.91 Å². The van der Waals surface area contributed by atoms with E-state index in [2.05, 4.69) is 5.32 Å². The second-order valence-corrected chi connectivity index (χ2v) is 4.08. The summed E-state index contributed by atoms with van der Waals surface area (Å²) in [6.07, 6.45) is -4.48. The number of rotatable bonds is 3. The minimum atomic E-state index is -4.48. The second-order valence-electron chi connectivity index (χ2n) is 4.08. The van der Waals surface area contributed by atoms with Crippen LogP contribution in [0.1, 0.15) is 28.4 Å². The van der Waals surface area contributed by atoms with Crippen LogP contribution in [0.3, 0.4) is 0 Å². The van der Waals surface area contributed by atoms with E-state index in [0.717, 1.165) is 6.07 Å². The zero-order valence-corrected chi connectivity index (χ0v) is 10.0. The van der Waals surface area contributed by atoms with Crippen molar-refractivity contribution >= 4 is 5.91 Å². The van der Waals surface area contributed by atoms with Crippen molar-refractivity contribution in [2.75, 3.05) is 6.61 Å². The average Bonchev–Trinajstić information content (AvgIpc) is 2.27. The summed E-state index contributed by atoms with van der Waals surface area (Å²) >= 11 is 0. The Morgan fingerprint density at radius 3 is 2.56 bits per heavy atom. The Morgan fingerprint density at radius 1 is 1.44 bits per heavy atom. The summed E-state index contributed by atoms with van der Waals surface area (Å²) in [5.74, 6) is -0.637. The van der Waals surface area contributed by atoms with Crippen LogP contribution in [0.25, 0.3) is 0 Å². The molecule has 0 spiro atoms. The molecule has 0 aromatic heterocycles. The molecule has 1 atom stereocenters. The van der Waals surface area contributed by atoms with Gasteiger partial charge >= 0.3 is 6.18 Å². The molecule has 0 saturated carbocycles. The van der Waals surface area contributed by atoms with Crippen molar-refractivity contribution in [2.45, 2.75) is 26.1 Å². The van der Waals surface area contributed by atoms with Gasteiger partial charge in [-0.05, 0) is 31.5 Å². The van der Waals surface area contributed by atoms with Gasteiger partial charge in [0.05, 0.1) is 12.2 Å². The minimum absolute atomic E-state index is 0.0641. The van der Waals surface area contributed by atoms with Crippen LogP contribution in [0.2, 0.25) is 0 Å². The number of aliphatic hydroxyl groups excluding tert-OH is 1. The topological polar surface area (TPSA) is 49.3 Å². The Bertz CT molecular complexity index is 443. The summed E-state index contributed by atoms with van der Waals surface area (Å²) in [5.41, 5.74) is -0.839. The molecular weight excluding hydrogens is 247 g/mol. The number of benzene rings is 1. The van der Waals surface area contributed by atoms with Crippen LogP contribution in [0.4, 0.5) is 13.2 Å².